The highest BCUT2D eigenvalue weighted by Gasteiger charge is 2.24. The molecule has 58 heavy (non-hydrogen) atoms. The summed E-state index contributed by atoms with van der Waals surface area (Å²) in [5.74, 6) is 1.83. The third kappa shape index (κ3) is 5.32. The second-order valence-corrected chi connectivity index (χ2v) is 15.8. The van der Waals surface area contributed by atoms with Crippen molar-refractivity contribution in [3.8, 4) is 56.4 Å². The van der Waals surface area contributed by atoms with Gasteiger partial charge in [0.15, 0.2) is 17.5 Å². The fourth-order valence-electron chi connectivity index (χ4n) is 8.51. The minimum atomic E-state index is 0.591. The normalized spacial score (nSPS) is 11.8. The van der Waals surface area contributed by atoms with Crippen molar-refractivity contribution in [1.29, 1.82) is 0 Å². The zero-order valence-electron chi connectivity index (χ0n) is 31.1. The Morgan fingerprint density at radius 3 is 1.91 bits per heavy atom. The van der Waals surface area contributed by atoms with Crippen LogP contribution in [0.3, 0.4) is 0 Å². The first-order valence-corrected chi connectivity index (χ1v) is 20.2. The maximum atomic E-state index is 6.71. The van der Waals surface area contributed by atoms with Crippen molar-refractivity contribution in [3.63, 3.8) is 0 Å². The quantitative estimate of drug-likeness (QED) is 0.175. The first-order valence-electron chi connectivity index (χ1n) is 19.4. The molecule has 0 unspecified atom stereocenters. The predicted molar refractivity (Wildman–Crippen MR) is 242 cm³/mol. The van der Waals surface area contributed by atoms with Crippen LogP contribution in [0, 0.1) is 0 Å². The van der Waals surface area contributed by atoms with Gasteiger partial charge in [-0.2, -0.15) is 0 Å². The van der Waals surface area contributed by atoms with Gasteiger partial charge in [-0.1, -0.05) is 140 Å². The molecule has 3 aromatic heterocycles. The molecule has 4 nitrogen and oxygen atoms in total. The van der Waals surface area contributed by atoms with Crippen LogP contribution in [0.15, 0.2) is 192 Å². The molecular formula is C53H31N3OS. The Balaban J connectivity index is 1.19. The Morgan fingerprint density at radius 2 is 1.03 bits per heavy atom. The molecule has 0 radical (unpaired) electrons. The standard InChI is InChI=1S/C53H31N3OS/c1-2-12-32(13-3-1)35-18-10-19-38(28-35)40-26-27-45-48(44-30-36-16-6-7-17-37(36)31-46(44)57-45)49(40)53-55-51(39-25-24-33-14-4-5-15-34(33)29-39)54-52(56-53)43-22-11-21-42-41-20-8-9-23-47(41)58-50(42)43/h1-31H. The fraction of sp³-hybridized carbons (Fsp3) is 0. The van der Waals surface area contributed by atoms with Crippen LogP contribution < -0.4 is 0 Å². The number of nitrogens with zero attached hydrogens (tertiary/aromatic N) is 3. The maximum Gasteiger partial charge on any atom is 0.165 e. The van der Waals surface area contributed by atoms with Gasteiger partial charge in [-0.05, 0) is 92.3 Å². The number of rotatable bonds is 5. The predicted octanol–water partition coefficient (Wildman–Crippen LogP) is 14.8. The summed E-state index contributed by atoms with van der Waals surface area (Å²) in [7, 11) is 0. The number of fused-ring (bicyclic) bond motifs is 8. The molecule has 0 aliphatic rings. The number of hydrogen-bond donors (Lipinski definition) is 0. The number of furan rings is 1. The lowest BCUT2D eigenvalue weighted by Crippen LogP contribution is -2.02. The van der Waals surface area contributed by atoms with E-state index in [1.807, 2.05) is 0 Å². The Bertz CT molecular complexity index is 3590. The molecule has 12 aromatic rings. The molecule has 3 heterocycles. The molecule has 270 valence electrons. The monoisotopic (exact) mass is 757 g/mol. The Morgan fingerprint density at radius 1 is 0.362 bits per heavy atom. The maximum absolute atomic E-state index is 6.71. The van der Waals surface area contributed by atoms with Crippen LogP contribution in [0.1, 0.15) is 0 Å². The molecule has 0 spiro atoms. The first kappa shape index (κ1) is 32.7. The van der Waals surface area contributed by atoms with Crippen LogP contribution in [0.4, 0.5) is 0 Å². The van der Waals surface area contributed by atoms with E-state index in [1.165, 1.54) is 20.9 Å². The number of benzene rings is 9. The van der Waals surface area contributed by atoms with Gasteiger partial charge in [-0.3, -0.25) is 0 Å². The third-order valence-electron chi connectivity index (χ3n) is 11.3. The lowest BCUT2D eigenvalue weighted by molar-refractivity contribution is 0.669. The minimum Gasteiger partial charge on any atom is -0.456 e. The van der Waals surface area contributed by atoms with Crippen LogP contribution in [0.2, 0.25) is 0 Å². The van der Waals surface area contributed by atoms with E-state index >= 15 is 0 Å². The fourth-order valence-corrected chi connectivity index (χ4v) is 9.72. The van der Waals surface area contributed by atoms with Crippen molar-refractivity contribution in [2.75, 3.05) is 0 Å². The lowest BCUT2D eigenvalue weighted by Gasteiger charge is -2.15. The highest BCUT2D eigenvalue weighted by Crippen LogP contribution is 2.45. The molecule has 5 heteroatoms. The highest BCUT2D eigenvalue weighted by molar-refractivity contribution is 7.26. The summed E-state index contributed by atoms with van der Waals surface area (Å²) >= 11 is 1.78. The van der Waals surface area contributed by atoms with Crippen LogP contribution >= 0.6 is 11.3 Å². The third-order valence-corrected chi connectivity index (χ3v) is 12.5. The SMILES string of the molecule is c1ccc(-c2cccc(-c3ccc4oc5cc6ccccc6cc5c4c3-c3nc(-c4ccc5ccccc5c4)nc(-c4cccc5c4sc4ccccc45)n3)c2)cc1. The Hall–Kier alpha value is -7.47. The summed E-state index contributed by atoms with van der Waals surface area (Å²) in [5, 5.41) is 8.99. The Kier molecular flexibility index (Phi) is 7.37. The smallest absolute Gasteiger partial charge is 0.165 e. The molecule has 0 bridgehead atoms. The second-order valence-electron chi connectivity index (χ2n) is 14.8. The van der Waals surface area contributed by atoms with Gasteiger partial charge in [-0.15, -0.1) is 11.3 Å². The first-order chi connectivity index (χ1) is 28.7. The summed E-state index contributed by atoms with van der Waals surface area (Å²) in [5.41, 5.74) is 8.79. The zero-order valence-corrected chi connectivity index (χ0v) is 31.9. The molecule has 9 aromatic carbocycles. The average Bonchev–Trinajstić information content (AvgIpc) is 3.86. The number of hydrogen-bond acceptors (Lipinski definition) is 5. The van der Waals surface area contributed by atoms with E-state index in [-0.39, 0.29) is 0 Å². The van der Waals surface area contributed by atoms with Gasteiger partial charge in [0.25, 0.3) is 0 Å². The average molecular weight is 758 g/mol. The van der Waals surface area contributed by atoms with E-state index in [0.717, 1.165) is 81.7 Å². The van der Waals surface area contributed by atoms with Crippen molar-refractivity contribution in [3.05, 3.63) is 188 Å². The van der Waals surface area contributed by atoms with Gasteiger partial charge in [0, 0.05) is 47.6 Å². The molecule has 0 amide bonds. The zero-order chi connectivity index (χ0) is 38.2. The van der Waals surface area contributed by atoms with E-state index in [0.29, 0.717) is 17.5 Å². The van der Waals surface area contributed by atoms with Gasteiger partial charge in [-0.25, -0.2) is 15.0 Å². The van der Waals surface area contributed by atoms with Crippen molar-refractivity contribution in [1.82, 2.24) is 15.0 Å². The number of thiophene rings is 1. The summed E-state index contributed by atoms with van der Waals surface area (Å²) in [6.07, 6.45) is 0. The molecule has 0 aliphatic carbocycles. The molecule has 0 saturated heterocycles. The van der Waals surface area contributed by atoms with Gasteiger partial charge >= 0.3 is 0 Å². The molecule has 0 aliphatic heterocycles. The van der Waals surface area contributed by atoms with Gasteiger partial charge < -0.3 is 4.42 Å². The van der Waals surface area contributed by atoms with Gasteiger partial charge in [0.2, 0.25) is 0 Å². The second kappa shape index (κ2) is 13.1. The molecule has 0 saturated carbocycles. The van der Waals surface area contributed by atoms with Crippen molar-refractivity contribution < 1.29 is 4.42 Å². The van der Waals surface area contributed by atoms with Crippen molar-refractivity contribution >= 4 is 75.0 Å². The summed E-state index contributed by atoms with van der Waals surface area (Å²) in [6.45, 7) is 0. The molecule has 12 rings (SSSR count). The molecule has 0 atom stereocenters. The Labute approximate surface area is 337 Å². The van der Waals surface area contributed by atoms with E-state index in [1.54, 1.807) is 11.3 Å². The lowest BCUT2D eigenvalue weighted by atomic mass is 9.92. The van der Waals surface area contributed by atoms with E-state index in [2.05, 4.69) is 188 Å². The molecule has 0 fully saturated rings. The number of aromatic nitrogens is 3. The summed E-state index contributed by atoms with van der Waals surface area (Å²) < 4.78 is 9.09. The van der Waals surface area contributed by atoms with Gasteiger partial charge in [0.05, 0.1) is 0 Å². The topological polar surface area (TPSA) is 51.8 Å². The van der Waals surface area contributed by atoms with E-state index in [4.69, 9.17) is 19.4 Å². The van der Waals surface area contributed by atoms with E-state index in [9.17, 15) is 0 Å². The highest BCUT2D eigenvalue weighted by atomic mass is 32.1. The molecule has 0 N–H and O–H groups in total. The van der Waals surface area contributed by atoms with Crippen LogP contribution in [0.25, 0.3) is 120 Å². The molecular weight excluding hydrogens is 727 g/mol. The van der Waals surface area contributed by atoms with Crippen molar-refractivity contribution in [2.24, 2.45) is 0 Å². The van der Waals surface area contributed by atoms with Crippen LogP contribution in [-0.2, 0) is 0 Å². The summed E-state index contributed by atoms with van der Waals surface area (Å²) in [4.78, 5) is 16.2. The van der Waals surface area contributed by atoms with Crippen molar-refractivity contribution in [2.45, 2.75) is 0 Å². The minimum absolute atomic E-state index is 0.591. The summed E-state index contributed by atoms with van der Waals surface area (Å²) in [6, 6.07) is 66.3. The van der Waals surface area contributed by atoms with Crippen LogP contribution in [0.5, 0.6) is 0 Å². The van der Waals surface area contributed by atoms with Crippen LogP contribution in [-0.4, -0.2) is 15.0 Å². The largest absolute Gasteiger partial charge is 0.456 e. The van der Waals surface area contributed by atoms with E-state index < -0.39 is 0 Å². The van der Waals surface area contributed by atoms with Gasteiger partial charge in [0.1, 0.15) is 11.2 Å².